The van der Waals surface area contributed by atoms with Crippen molar-refractivity contribution in [3.63, 3.8) is 0 Å². The number of aromatic nitrogens is 2. The Morgan fingerprint density at radius 2 is 1.77 bits per heavy atom. The third-order valence-electron chi connectivity index (χ3n) is 5.70. The van der Waals surface area contributed by atoms with Crippen molar-refractivity contribution in [3.05, 3.63) is 71.8 Å². The van der Waals surface area contributed by atoms with E-state index in [4.69, 9.17) is 4.98 Å². The maximum atomic E-state index is 12.9. The number of nitrogens with one attached hydrogen (secondary N) is 2. The van der Waals surface area contributed by atoms with E-state index in [2.05, 4.69) is 30.8 Å². The van der Waals surface area contributed by atoms with Gasteiger partial charge in [-0.25, -0.2) is 15.0 Å². The Balaban J connectivity index is 1.18. The van der Waals surface area contributed by atoms with Gasteiger partial charge in [0.2, 0.25) is 5.91 Å². The van der Waals surface area contributed by atoms with Crippen molar-refractivity contribution in [1.29, 1.82) is 0 Å². The summed E-state index contributed by atoms with van der Waals surface area (Å²) in [7, 11) is 0. The monoisotopic (exact) mass is 481 g/mol. The Hall–Kier alpha value is -4.31. The van der Waals surface area contributed by atoms with Crippen LogP contribution in [0.15, 0.2) is 75.9 Å². The molecule has 2 aromatic carbocycles. The van der Waals surface area contributed by atoms with Crippen molar-refractivity contribution in [3.8, 4) is 11.3 Å². The van der Waals surface area contributed by atoms with E-state index in [9.17, 15) is 9.59 Å². The lowest BCUT2D eigenvalue weighted by Gasteiger charge is -2.08. The molecule has 1 fully saturated rings. The van der Waals surface area contributed by atoms with Crippen LogP contribution >= 0.6 is 11.3 Å². The average Bonchev–Trinajstić information content (AvgIpc) is 3.44. The molecule has 0 saturated heterocycles. The van der Waals surface area contributed by atoms with Gasteiger partial charge < -0.3 is 10.6 Å². The van der Waals surface area contributed by atoms with Gasteiger partial charge in [0.25, 0.3) is 5.91 Å². The smallest absolute Gasteiger partial charge is 0.255 e. The van der Waals surface area contributed by atoms with Gasteiger partial charge in [0, 0.05) is 28.3 Å². The number of azo groups is 1. The van der Waals surface area contributed by atoms with E-state index in [1.165, 1.54) is 11.3 Å². The Morgan fingerprint density at radius 3 is 2.54 bits per heavy atom. The number of aliphatic imine (C=N–C) groups is 1. The third-order valence-corrected chi connectivity index (χ3v) is 6.58. The van der Waals surface area contributed by atoms with E-state index < -0.39 is 0 Å². The van der Waals surface area contributed by atoms with Crippen LogP contribution in [0, 0.1) is 5.92 Å². The second-order valence-electron chi connectivity index (χ2n) is 8.28. The fourth-order valence-electron chi connectivity index (χ4n) is 3.69. The Kier molecular flexibility index (Phi) is 5.34. The molecule has 1 aliphatic carbocycles. The second kappa shape index (κ2) is 8.80. The molecule has 2 N–H and O–H groups in total. The number of carbonyl (C=O) groups excluding carboxylic acids is 2. The molecule has 10 heteroatoms. The highest BCUT2D eigenvalue weighted by atomic mass is 32.1. The average molecular weight is 482 g/mol. The number of carbonyl (C=O) groups is 2. The Morgan fingerprint density at radius 1 is 0.914 bits per heavy atom. The minimum atomic E-state index is -0.221. The zero-order chi connectivity index (χ0) is 23.8. The van der Waals surface area contributed by atoms with Crippen LogP contribution in [0.25, 0.3) is 21.6 Å². The number of thiazole rings is 1. The highest BCUT2D eigenvalue weighted by Crippen LogP contribution is 2.32. The molecule has 4 aromatic rings. The quantitative estimate of drug-likeness (QED) is 0.396. The van der Waals surface area contributed by atoms with Gasteiger partial charge in [-0.05, 0) is 61.4 Å². The normalized spacial score (nSPS) is 14.7. The first-order valence-electron chi connectivity index (χ1n) is 11.1. The zero-order valence-electron chi connectivity index (χ0n) is 18.4. The summed E-state index contributed by atoms with van der Waals surface area (Å²) in [6.45, 7) is 0.354. The van der Waals surface area contributed by atoms with Crippen LogP contribution in [0.3, 0.4) is 0 Å². The molecule has 35 heavy (non-hydrogen) atoms. The van der Waals surface area contributed by atoms with Crippen molar-refractivity contribution in [2.75, 3.05) is 17.3 Å². The van der Waals surface area contributed by atoms with Crippen LogP contribution in [0.2, 0.25) is 0 Å². The van der Waals surface area contributed by atoms with Crippen LogP contribution in [0.4, 0.5) is 10.8 Å². The number of anilines is 2. The number of hydrogen-bond acceptors (Lipinski definition) is 8. The molecule has 2 aliphatic rings. The Bertz CT molecular complexity index is 1520. The van der Waals surface area contributed by atoms with E-state index in [0.717, 1.165) is 40.0 Å². The van der Waals surface area contributed by atoms with Crippen LogP contribution < -0.4 is 10.6 Å². The number of fused-ring (bicyclic) bond motifs is 1. The zero-order valence-corrected chi connectivity index (χ0v) is 19.2. The van der Waals surface area contributed by atoms with Crippen molar-refractivity contribution in [1.82, 2.24) is 9.97 Å². The van der Waals surface area contributed by atoms with Gasteiger partial charge in [-0.3, -0.25) is 9.59 Å². The molecule has 0 unspecified atom stereocenters. The molecule has 0 radical (unpaired) electrons. The van der Waals surface area contributed by atoms with Gasteiger partial charge in [-0.2, -0.15) is 5.11 Å². The van der Waals surface area contributed by atoms with Gasteiger partial charge in [0.15, 0.2) is 17.6 Å². The van der Waals surface area contributed by atoms with Gasteiger partial charge >= 0.3 is 0 Å². The number of rotatable bonds is 6. The van der Waals surface area contributed by atoms with Crippen molar-refractivity contribution >= 4 is 50.2 Å². The molecule has 0 spiro atoms. The minimum absolute atomic E-state index is 0.0236. The van der Waals surface area contributed by atoms with Crippen LogP contribution in [0.1, 0.15) is 28.8 Å². The molecule has 9 nitrogen and oxygen atoms in total. The van der Waals surface area contributed by atoms with E-state index in [-0.39, 0.29) is 17.7 Å². The molecule has 1 saturated carbocycles. The maximum Gasteiger partial charge on any atom is 0.255 e. The van der Waals surface area contributed by atoms with Crippen LogP contribution in [-0.2, 0) is 4.79 Å². The van der Waals surface area contributed by atoms with Gasteiger partial charge in [-0.1, -0.05) is 23.5 Å². The number of amidine groups is 1. The largest absolute Gasteiger partial charge is 0.322 e. The fourth-order valence-corrected chi connectivity index (χ4v) is 4.53. The SMILES string of the molecule is O=C(Nc1ccc(C2=NCN=N2)cc1)c1cccc(-c2ccc3nc(NC(=O)C4CC4)sc3n2)c1. The van der Waals surface area contributed by atoms with Crippen LogP contribution in [0.5, 0.6) is 0 Å². The maximum absolute atomic E-state index is 12.9. The summed E-state index contributed by atoms with van der Waals surface area (Å²) in [5.74, 6) is 0.515. The first-order chi connectivity index (χ1) is 17.1. The molecule has 172 valence electrons. The number of amides is 2. The molecular formula is C25H19N7O2S. The van der Waals surface area contributed by atoms with Crippen LogP contribution in [-0.4, -0.2) is 34.3 Å². The summed E-state index contributed by atoms with van der Waals surface area (Å²) in [5.41, 5.74) is 4.32. The molecule has 0 atom stereocenters. The molecule has 0 bridgehead atoms. The lowest BCUT2D eigenvalue weighted by Crippen LogP contribution is -2.12. The molecule has 2 aromatic heterocycles. The first kappa shape index (κ1) is 21.2. The van der Waals surface area contributed by atoms with Gasteiger partial charge in [0.1, 0.15) is 10.3 Å². The molecule has 6 rings (SSSR count). The van der Waals surface area contributed by atoms with E-state index in [0.29, 0.717) is 28.9 Å². The standard InChI is InChI=1S/C25H19N7O2S/c33-22(15-4-5-15)31-25-30-20-11-10-19(29-24(20)35-25)16-2-1-3-17(12-16)23(34)28-18-8-6-14(7-9-18)21-26-13-27-32-21/h1-3,6-12,15H,4-5,13H2,(H,28,34)(H,30,31,33). The first-order valence-corrected chi connectivity index (χ1v) is 12.0. The van der Waals surface area contributed by atoms with E-state index in [1.807, 2.05) is 54.6 Å². The van der Waals surface area contributed by atoms with Crippen molar-refractivity contribution in [2.45, 2.75) is 12.8 Å². The van der Waals surface area contributed by atoms with Crippen molar-refractivity contribution < 1.29 is 9.59 Å². The lowest BCUT2D eigenvalue weighted by molar-refractivity contribution is -0.117. The van der Waals surface area contributed by atoms with E-state index in [1.54, 1.807) is 6.07 Å². The number of nitrogens with zero attached hydrogens (tertiary/aromatic N) is 5. The summed E-state index contributed by atoms with van der Waals surface area (Å²) in [6.07, 6.45) is 1.88. The predicted molar refractivity (Wildman–Crippen MR) is 135 cm³/mol. The van der Waals surface area contributed by atoms with Gasteiger partial charge in [0.05, 0.1) is 5.69 Å². The molecule has 1 aliphatic heterocycles. The highest BCUT2D eigenvalue weighted by molar-refractivity contribution is 7.22. The third kappa shape index (κ3) is 4.56. The summed E-state index contributed by atoms with van der Waals surface area (Å²) >= 11 is 1.35. The highest BCUT2D eigenvalue weighted by Gasteiger charge is 2.30. The summed E-state index contributed by atoms with van der Waals surface area (Å²) < 4.78 is 0. The number of hydrogen-bond donors (Lipinski definition) is 2. The molecule has 3 heterocycles. The predicted octanol–water partition coefficient (Wildman–Crippen LogP) is 5.13. The fraction of sp³-hybridized carbons (Fsp3) is 0.160. The van der Waals surface area contributed by atoms with Crippen molar-refractivity contribution in [2.24, 2.45) is 21.1 Å². The van der Waals surface area contributed by atoms with Gasteiger partial charge in [-0.15, -0.1) is 5.11 Å². The Labute approximate surface area is 204 Å². The topological polar surface area (TPSA) is 121 Å². The summed E-state index contributed by atoms with van der Waals surface area (Å²) in [5, 5.41) is 14.2. The molecular weight excluding hydrogens is 462 g/mol. The number of pyridine rings is 1. The minimum Gasteiger partial charge on any atom is -0.322 e. The summed E-state index contributed by atoms with van der Waals surface area (Å²) in [6, 6.07) is 18.4. The lowest BCUT2D eigenvalue weighted by atomic mass is 10.1. The molecule has 2 amide bonds. The second-order valence-corrected chi connectivity index (χ2v) is 9.26. The number of benzene rings is 2. The summed E-state index contributed by atoms with van der Waals surface area (Å²) in [4.78, 5) is 39.0. The van der Waals surface area contributed by atoms with E-state index >= 15 is 0 Å².